The van der Waals surface area contributed by atoms with Crippen molar-refractivity contribution in [3.63, 3.8) is 0 Å². The molecule has 118 valence electrons. The molecule has 1 aromatic carbocycles. The minimum absolute atomic E-state index is 0.0507. The molecule has 1 unspecified atom stereocenters. The number of ether oxygens (including phenoxy) is 2. The number of anilines is 1. The fourth-order valence-electron chi connectivity index (χ4n) is 2.58. The molecule has 0 saturated carbocycles. The SMILES string of the molecule is COc1cccc(-c2cc(NC3CCOC3)n(CCO)n2)c1. The van der Waals surface area contributed by atoms with Gasteiger partial charge in [0, 0.05) is 18.2 Å². The summed E-state index contributed by atoms with van der Waals surface area (Å²) in [6.45, 7) is 2.00. The summed E-state index contributed by atoms with van der Waals surface area (Å²) in [4.78, 5) is 0. The molecule has 1 saturated heterocycles. The lowest BCUT2D eigenvalue weighted by Gasteiger charge is -2.13. The second-order valence-electron chi connectivity index (χ2n) is 5.30. The Bertz CT molecular complexity index is 621. The van der Waals surface area contributed by atoms with Gasteiger partial charge in [-0.15, -0.1) is 0 Å². The number of benzene rings is 1. The lowest BCUT2D eigenvalue weighted by molar-refractivity contribution is 0.195. The van der Waals surface area contributed by atoms with Gasteiger partial charge in [0.1, 0.15) is 11.6 Å². The van der Waals surface area contributed by atoms with E-state index < -0.39 is 0 Å². The molecule has 3 rings (SSSR count). The molecule has 1 aliphatic rings. The molecular weight excluding hydrogens is 282 g/mol. The van der Waals surface area contributed by atoms with Gasteiger partial charge in [-0.2, -0.15) is 5.10 Å². The van der Waals surface area contributed by atoms with Gasteiger partial charge in [-0.05, 0) is 18.6 Å². The average molecular weight is 303 g/mol. The van der Waals surface area contributed by atoms with Gasteiger partial charge in [0.25, 0.3) is 0 Å². The highest BCUT2D eigenvalue weighted by molar-refractivity contribution is 5.64. The van der Waals surface area contributed by atoms with Crippen LogP contribution in [0.2, 0.25) is 0 Å². The van der Waals surface area contributed by atoms with E-state index in [0.717, 1.165) is 35.9 Å². The summed E-state index contributed by atoms with van der Waals surface area (Å²) >= 11 is 0. The summed E-state index contributed by atoms with van der Waals surface area (Å²) < 4.78 is 12.5. The van der Waals surface area contributed by atoms with Crippen LogP contribution in [0.1, 0.15) is 6.42 Å². The lowest BCUT2D eigenvalue weighted by Crippen LogP contribution is -2.21. The van der Waals surface area contributed by atoms with E-state index in [1.165, 1.54) is 0 Å². The van der Waals surface area contributed by atoms with E-state index in [-0.39, 0.29) is 6.61 Å². The van der Waals surface area contributed by atoms with E-state index in [1.807, 2.05) is 30.3 Å². The summed E-state index contributed by atoms with van der Waals surface area (Å²) in [5, 5.41) is 17.3. The average Bonchev–Trinajstić information content (AvgIpc) is 3.19. The maximum absolute atomic E-state index is 9.23. The largest absolute Gasteiger partial charge is 0.497 e. The van der Waals surface area contributed by atoms with Crippen LogP contribution in [0.15, 0.2) is 30.3 Å². The van der Waals surface area contributed by atoms with Crippen LogP contribution in [-0.4, -0.2) is 47.9 Å². The van der Waals surface area contributed by atoms with Crippen LogP contribution in [0.3, 0.4) is 0 Å². The molecule has 0 bridgehead atoms. The highest BCUT2D eigenvalue weighted by atomic mass is 16.5. The third-order valence-electron chi connectivity index (χ3n) is 3.74. The van der Waals surface area contributed by atoms with E-state index in [9.17, 15) is 5.11 Å². The molecule has 2 aromatic rings. The van der Waals surface area contributed by atoms with Crippen LogP contribution < -0.4 is 10.1 Å². The summed E-state index contributed by atoms with van der Waals surface area (Å²) in [6.07, 6.45) is 0.985. The van der Waals surface area contributed by atoms with Gasteiger partial charge in [0.15, 0.2) is 0 Å². The molecule has 0 aliphatic carbocycles. The van der Waals surface area contributed by atoms with Crippen molar-refractivity contribution in [3.05, 3.63) is 30.3 Å². The predicted octanol–water partition coefficient (Wildman–Crippen LogP) is 1.75. The van der Waals surface area contributed by atoms with Crippen LogP contribution in [0.25, 0.3) is 11.3 Å². The van der Waals surface area contributed by atoms with Gasteiger partial charge >= 0.3 is 0 Å². The van der Waals surface area contributed by atoms with Crippen molar-refractivity contribution < 1.29 is 14.6 Å². The van der Waals surface area contributed by atoms with Crippen LogP contribution in [0.4, 0.5) is 5.82 Å². The van der Waals surface area contributed by atoms with Gasteiger partial charge in [0.2, 0.25) is 0 Å². The van der Waals surface area contributed by atoms with E-state index in [1.54, 1.807) is 11.8 Å². The van der Waals surface area contributed by atoms with Crippen molar-refractivity contribution in [2.75, 3.05) is 32.2 Å². The Kier molecular flexibility index (Phi) is 4.60. The second-order valence-corrected chi connectivity index (χ2v) is 5.30. The maximum atomic E-state index is 9.23. The van der Waals surface area contributed by atoms with E-state index >= 15 is 0 Å². The molecular formula is C16H21N3O3. The molecule has 6 heteroatoms. The smallest absolute Gasteiger partial charge is 0.125 e. The van der Waals surface area contributed by atoms with E-state index in [2.05, 4.69) is 10.4 Å². The number of hydrogen-bond donors (Lipinski definition) is 2. The molecule has 2 heterocycles. The topological polar surface area (TPSA) is 68.5 Å². The minimum Gasteiger partial charge on any atom is -0.497 e. The van der Waals surface area contributed by atoms with Gasteiger partial charge in [-0.25, -0.2) is 4.68 Å². The first kappa shape index (κ1) is 14.9. The van der Waals surface area contributed by atoms with Crippen molar-refractivity contribution in [2.24, 2.45) is 0 Å². The zero-order valence-corrected chi connectivity index (χ0v) is 12.7. The highest BCUT2D eigenvalue weighted by Crippen LogP contribution is 2.26. The Labute approximate surface area is 129 Å². The molecule has 6 nitrogen and oxygen atoms in total. The van der Waals surface area contributed by atoms with Crippen LogP contribution in [-0.2, 0) is 11.3 Å². The minimum atomic E-state index is 0.0507. The third-order valence-corrected chi connectivity index (χ3v) is 3.74. The fraction of sp³-hybridized carbons (Fsp3) is 0.438. The van der Waals surface area contributed by atoms with Gasteiger partial charge in [-0.1, -0.05) is 12.1 Å². The molecule has 1 atom stereocenters. The van der Waals surface area contributed by atoms with Crippen molar-refractivity contribution >= 4 is 5.82 Å². The van der Waals surface area contributed by atoms with E-state index in [0.29, 0.717) is 19.2 Å². The number of aliphatic hydroxyl groups excluding tert-OH is 1. The number of aliphatic hydroxyl groups is 1. The van der Waals surface area contributed by atoms with Crippen molar-refractivity contribution in [3.8, 4) is 17.0 Å². The Hall–Kier alpha value is -2.05. The zero-order chi connectivity index (χ0) is 15.4. The van der Waals surface area contributed by atoms with Crippen molar-refractivity contribution in [1.29, 1.82) is 0 Å². The molecule has 1 fully saturated rings. The lowest BCUT2D eigenvalue weighted by atomic mass is 10.1. The number of nitrogens with one attached hydrogen (secondary N) is 1. The van der Waals surface area contributed by atoms with E-state index in [4.69, 9.17) is 9.47 Å². The number of hydrogen-bond acceptors (Lipinski definition) is 5. The predicted molar refractivity (Wildman–Crippen MR) is 84.1 cm³/mol. The maximum Gasteiger partial charge on any atom is 0.125 e. The Balaban J connectivity index is 1.87. The highest BCUT2D eigenvalue weighted by Gasteiger charge is 2.18. The molecule has 1 aliphatic heterocycles. The van der Waals surface area contributed by atoms with Gasteiger partial charge in [0.05, 0.1) is 38.6 Å². The second kappa shape index (κ2) is 6.81. The molecule has 1 aromatic heterocycles. The zero-order valence-electron chi connectivity index (χ0n) is 12.7. The van der Waals surface area contributed by atoms with Gasteiger partial charge < -0.3 is 19.9 Å². The Morgan fingerprint density at radius 1 is 1.45 bits per heavy atom. The first-order valence-corrected chi connectivity index (χ1v) is 7.47. The van der Waals surface area contributed by atoms with Gasteiger partial charge in [-0.3, -0.25) is 0 Å². The quantitative estimate of drug-likeness (QED) is 0.851. The van der Waals surface area contributed by atoms with Crippen molar-refractivity contribution in [2.45, 2.75) is 19.0 Å². The molecule has 22 heavy (non-hydrogen) atoms. The monoisotopic (exact) mass is 303 g/mol. The first-order chi connectivity index (χ1) is 10.8. The summed E-state index contributed by atoms with van der Waals surface area (Å²) in [6, 6.07) is 10.1. The number of rotatable bonds is 6. The third kappa shape index (κ3) is 3.23. The Morgan fingerprint density at radius 3 is 3.09 bits per heavy atom. The molecule has 2 N–H and O–H groups in total. The molecule has 0 amide bonds. The van der Waals surface area contributed by atoms with Crippen molar-refractivity contribution in [1.82, 2.24) is 9.78 Å². The molecule has 0 radical (unpaired) electrons. The number of nitrogens with zero attached hydrogens (tertiary/aromatic N) is 2. The number of methoxy groups -OCH3 is 1. The summed E-state index contributed by atoms with van der Waals surface area (Å²) in [7, 11) is 1.65. The first-order valence-electron chi connectivity index (χ1n) is 7.47. The fourth-order valence-corrected chi connectivity index (χ4v) is 2.58. The standard InChI is InChI=1S/C16H21N3O3/c1-21-14-4-2-3-12(9-14)15-10-16(19(18-15)6-7-20)17-13-5-8-22-11-13/h2-4,9-10,13,17,20H,5-8,11H2,1H3. The summed E-state index contributed by atoms with van der Waals surface area (Å²) in [5.41, 5.74) is 1.84. The summed E-state index contributed by atoms with van der Waals surface area (Å²) in [5.74, 6) is 1.70. The Morgan fingerprint density at radius 2 is 2.36 bits per heavy atom. The normalized spacial score (nSPS) is 17.6. The van der Waals surface area contributed by atoms with Crippen LogP contribution in [0, 0.1) is 0 Å². The van der Waals surface area contributed by atoms with Crippen LogP contribution in [0.5, 0.6) is 5.75 Å². The number of aromatic nitrogens is 2. The van der Waals surface area contributed by atoms with Crippen LogP contribution >= 0.6 is 0 Å². The molecule has 0 spiro atoms.